The summed E-state index contributed by atoms with van der Waals surface area (Å²) in [5, 5.41) is 10.6. The van der Waals surface area contributed by atoms with Crippen LogP contribution in [0.5, 0.6) is 5.75 Å². The average molecular weight is 296 g/mol. The number of para-hydroxylation sites is 1. The summed E-state index contributed by atoms with van der Waals surface area (Å²) in [7, 11) is 0. The number of hydrogen-bond donors (Lipinski definition) is 0. The van der Waals surface area contributed by atoms with E-state index in [-0.39, 0.29) is 16.3 Å². The molecule has 0 amide bonds. The van der Waals surface area contributed by atoms with Gasteiger partial charge in [0, 0.05) is 6.07 Å². The monoisotopic (exact) mass is 295 g/mol. The smallest absolute Gasteiger partial charge is 0.343 e. The molecule has 0 aliphatic heterocycles. The van der Waals surface area contributed by atoms with E-state index in [0.717, 1.165) is 12.1 Å². The number of ether oxygens (including phenoxy) is 1. The van der Waals surface area contributed by atoms with E-state index in [4.69, 9.17) is 16.3 Å². The molecule has 5 nitrogen and oxygen atoms in total. The van der Waals surface area contributed by atoms with Gasteiger partial charge in [-0.3, -0.25) is 10.1 Å². The molecule has 0 spiro atoms. The SMILES string of the molecule is O=C(Oc1ccccc1F)c1ccc(Cl)c([N+](=O)[O-])c1. The Bertz CT molecular complexity index is 690. The van der Waals surface area contributed by atoms with E-state index in [1.807, 2.05) is 0 Å². The molecule has 0 saturated heterocycles. The molecule has 0 unspecified atom stereocenters. The number of benzene rings is 2. The Labute approximate surface area is 117 Å². The van der Waals surface area contributed by atoms with Crippen LogP contribution in [0.3, 0.4) is 0 Å². The minimum Gasteiger partial charge on any atom is -0.420 e. The van der Waals surface area contributed by atoms with Crippen molar-refractivity contribution in [3.8, 4) is 5.75 Å². The Morgan fingerprint density at radius 3 is 2.60 bits per heavy atom. The third-order valence-electron chi connectivity index (χ3n) is 2.42. The van der Waals surface area contributed by atoms with Crippen molar-refractivity contribution in [3.05, 3.63) is 69.0 Å². The van der Waals surface area contributed by atoms with Gasteiger partial charge in [0.05, 0.1) is 10.5 Å². The summed E-state index contributed by atoms with van der Waals surface area (Å²) in [5.41, 5.74) is -0.515. The zero-order chi connectivity index (χ0) is 14.7. The van der Waals surface area contributed by atoms with Crippen LogP contribution in [0.4, 0.5) is 10.1 Å². The first kappa shape index (κ1) is 14.0. The maximum atomic E-state index is 13.3. The molecule has 0 N–H and O–H groups in total. The zero-order valence-corrected chi connectivity index (χ0v) is 10.6. The van der Waals surface area contributed by atoms with E-state index >= 15 is 0 Å². The Morgan fingerprint density at radius 2 is 1.95 bits per heavy atom. The lowest BCUT2D eigenvalue weighted by Gasteiger charge is -2.05. The third-order valence-corrected chi connectivity index (χ3v) is 2.74. The molecule has 0 aliphatic rings. The molecule has 0 saturated carbocycles. The Kier molecular flexibility index (Phi) is 3.95. The fraction of sp³-hybridized carbons (Fsp3) is 0. The highest BCUT2D eigenvalue weighted by atomic mass is 35.5. The second kappa shape index (κ2) is 5.66. The van der Waals surface area contributed by atoms with Gasteiger partial charge in [0.25, 0.3) is 5.69 Å². The van der Waals surface area contributed by atoms with Crippen LogP contribution in [0.2, 0.25) is 5.02 Å². The molecule has 0 fully saturated rings. The first-order chi connectivity index (χ1) is 9.49. The van der Waals surface area contributed by atoms with E-state index in [2.05, 4.69) is 0 Å². The van der Waals surface area contributed by atoms with Crippen LogP contribution >= 0.6 is 11.6 Å². The van der Waals surface area contributed by atoms with Gasteiger partial charge in [0.2, 0.25) is 0 Å². The molecular formula is C13H7ClFNO4. The summed E-state index contributed by atoms with van der Waals surface area (Å²) >= 11 is 5.63. The van der Waals surface area contributed by atoms with E-state index < -0.39 is 22.4 Å². The Balaban J connectivity index is 2.28. The van der Waals surface area contributed by atoms with Crippen LogP contribution in [-0.2, 0) is 0 Å². The van der Waals surface area contributed by atoms with Gasteiger partial charge in [-0.15, -0.1) is 0 Å². The number of rotatable bonds is 3. The number of carbonyl (C=O) groups is 1. The second-order valence-electron chi connectivity index (χ2n) is 3.74. The maximum absolute atomic E-state index is 13.3. The van der Waals surface area contributed by atoms with Crippen LogP contribution < -0.4 is 4.74 Å². The van der Waals surface area contributed by atoms with Gasteiger partial charge in [-0.2, -0.15) is 0 Å². The van der Waals surface area contributed by atoms with Gasteiger partial charge < -0.3 is 4.74 Å². The fourth-order valence-electron chi connectivity index (χ4n) is 1.47. The fourth-order valence-corrected chi connectivity index (χ4v) is 1.65. The van der Waals surface area contributed by atoms with Gasteiger partial charge in [0.1, 0.15) is 5.02 Å². The summed E-state index contributed by atoms with van der Waals surface area (Å²) in [6, 6.07) is 8.79. The average Bonchev–Trinajstić information content (AvgIpc) is 2.41. The lowest BCUT2D eigenvalue weighted by molar-refractivity contribution is -0.384. The first-order valence-electron chi connectivity index (χ1n) is 5.39. The van der Waals surface area contributed by atoms with Gasteiger partial charge in [-0.25, -0.2) is 9.18 Å². The van der Waals surface area contributed by atoms with Gasteiger partial charge in [-0.1, -0.05) is 23.7 Å². The first-order valence-corrected chi connectivity index (χ1v) is 5.77. The van der Waals surface area contributed by atoms with Crippen LogP contribution in [-0.4, -0.2) is 10.9 Å². The van der Waals surface area contributed by atoms with Gasteiger partial charge in [0.15, 0.2) is 11.6 Å². The molecular weight excluding hydrogens is 289 g/mol. The van der Waals surface area contributed by atoms with Crippen molar-refractivity contribution >= 4 is 23.3 Å². The molecule has 0 radical (unpaired) electrons. The topological polar surface area (TPSA) is 69.4 Å². The van der Waals surface area contributed by atoms with Crippen molar-refractivity contribution in [2.24, 2.45) is 0 Å². The van der Waals surface area contributed by atoms with E-state index in [0.29, 0.717) is 0 Å². The third kappa shape index (κ3) is 2.92. The van der Waals surface area contributed by atoms with Crippen LogP contribution in [0, 0.1) is 15.9 Å². The predicted octanol–water partition coefficient (Wildman–Crippen LogP) is 3.61. The molecule has 0 aromatic heterocycles. The number of halogens is 2. The summed E-state index contributed by atoms with van der Waals surface area (Å²) < 4.78 is 18.2. The van der Waals surface area contributed by atoms with Crippen molar-refractivity contribution in [3.63, 3.8) is 0 Å². The van der Waals surface area contributed by atoms with E-state index in [1.165, 1.54) is 30.3 Å². The van der Waals surface area contributed by atoms with Crippen molar-refractivity contribution in [2.45, 2.75) is 0 Å². The quantitative estimate of drug-likeness (QED) is 0.375. The number of esters is 1. The number of nitro groups is 1. The highest BCUT2D eigenvalue weighted by Gasteiger charge is 2.18. The predicted molar refractivity (Wildman–Crippen MR) is 69.5 cm³/mol. The molecule has 102 valence electrons. The number of nitro benzene ring substituents is 1. The normalized spacial score (nSPS) is 10.1. The number of hydrogen-bond acceptors (Lipinski definition) is 4. The van der Waals surface area contributed by atoms with Gasteiger partial charge >= 0.3 is 5.97 Å². The molecule has 0 heterocycles. The Morgan fingerprint density at radius 1 is 1.25 bits per heavy atom. The highest BCUT2D eigenvalue weighted by Crippen LogP contribution is 2.26. The summed E-state index contributed by atoms with van der Waals surface area (Å²) in [6.45, 7) is 0. The lowest BCUT2D eigenvalue weighted by atomic mass is 10.2. The largest absolute Gasteiger partial charge is 0.420 e. The zero-order valence-electron chi connectivity index (χ0n) is 9.88. The van der Waals surface area contributed by atoms with E-state index in [1.54, 1.807) is 0 Å². The molecule has 0 atom stereocenters. The van der Waals surface area contributed by atoms with Gasteiger partial charge in [-0.05, 0) is 24.3 Å². The number of nitrogens with zero attached hydrogens (tertiary/aromatic N) is 1. The molecule has 2 aromatic rings. The number of carbonyl (C=O) groups excluding carboxylic acids is 1. The van der Waals surface area contributed by atoms with Crippen molar-refractivity contribution in [1.29, 1.82) is 0 Å². The minimum atomic E-state index is -0.908. The summed E-state index contributed by atoms with van der Waals surface area (Å²) in [4.78, 5) is 21.8. The minimum absolute atomic E-state index is 0.0932. The van der Waals surface area contributed by atoms with Crippen molar-refractivity contribution in [2.75, 3.05) is 0 Å². The summed E-state index contributed by atoms with van der Waals surface area (Å²) in [6.07, 6.45) is 0. The Hall–Kier alpha value is -2.47. The summed E-state index contributed by atoms with van der Waals surface area (Å²) in [5.74, 6) is -1.87. The van der Waals surface area contributed by atoms with E-state index in [9.17, 15) is 19.3 Å². The van der Waals surface area contributed by atoms with Crippen molar-refractivity contribution < 1.29 is 18.8 Å². The molecule has 7 heteroatoms. The second-order valence-corrected chi connectivity index (χ2v) is 4.15. The molecule has 0 aliphatic carbocycles. The van der Waals surface area contributed by atoms with Crippen molar-refractivity contribution in [1.82, 2.24) is 0 Å². The van der Waals surface area contributed by atoms with Crippen LogP contribution in [0.1, 0.15) is 10.4 Å². The standard InChI is InChI=1S/C13H7ClFNO4/c14-9-6-5-8(7-11(9)16(18)19)13(17)20-12-4-2-1-3-10(12)15/h1-7H. The van der Waals surface area contributed by atoms with Crippen LogP contribution in [0.25, 0.3) is 0 Å². The molecule has 2 rings (SSSR count). The highest BCUT2D eigenvalue weighted by molar-refractivity contribution is 6.32. The maximum Gasteiger partial charge on any atom is 0.343 e. The molecule has 20 heavy (non-hydrogen) atoms. The lowest BCUT2D eigenvalue weighted by Crippen LogP contribution is -2.09. The molecule has 0 bridgehead atoms. The molecule has 2 aromatic carbocycles. The van der Waals surface area contributed by atoms with Crippen LogP contribution in [0.15, 0.2) is 42.5 Å².